The molecule has 0 atom stereocenters. The van der Waals surface area contributed by atoms with Crippen LogP contribution >= 0.6 is 15.9 Å². The molecular weight excluding hydrogens is 304 g/mol. The first-order chi connectivity index (χ1) is 8.87. The van der Waals surface area contributed by atoms with Crippen LogP contribution in [0.1, 0.15) is 38.4 Å². The van der Waals surface area contributed by atoms with E-state index in [0.29, 0.717) is 10.1 Å². The van der Waals surface area contributed by atoms with Gasteiger partial charge in [0.15, 0.2) is 4.73 Å². The Bertz CT molecular complexity index is 453. The quantitative estimate of drug-likeness (QED) is 0.867. The molecule has 2 rings (SSSR count). The molecular formula is C14H23BrN4. The van der Waals surface area contributed by atoms with Gasteiger partial charge in [-0.05, 0) is 27.8 Å². The first kappa shape index (κ1) is 14.7. The summed E-state index contributed by atoms with van der Waals surface area (Å²) in [7, 11) is 2.12. The van der Waals surface area contributed by atoms with Crippen LogP contribution in [-0.2, 0) is 13.0 Å². The summed E-state index contributed by atoms with van der Waals surface area (Å²) in [4.78, 5) is 11.3. The summed E-state index contributed by atoms with van der Waals surface area (Å²) < 4.78 is 0.700. The molecule has 1 aromatic heterocycles. The zero-order valence-electron chi connectivity index (χ0n) is 12.3. The minimum atomic E-state index is 0.344. The summed E-state index contributed by atoms with van der Waals surface area (Å²) in [6.45, 7) is 9.70. The zero-order chi connectivity index (χ0) is 14.0. The van der Waals surface area contributed by atoms with Gasteiger partial charge in [-0.25, -0.2) is 9.97 Å². The van der Waals surface area contributed by atoms with Crippen molar-refractivity contribution in [2.45, 2.75) is 40.2 Å². The number of hydrogen-bond donors (Lipinski definition) is 1. The van der Waals surface area contributed by atoms with Gasteiger partial charge in [0, 0.05) is 38.7 Å². The first-order valence-corrected chi connectivity index (χ1v) is 7.63. The third-order valence-corrected chi connectivity index (χ3v) is 3.80. The van der Waals surface area contributed by atoms with E-state index in [2.05, 4.69) is 63.9 Å². The van der Waals surface area contributed by atoms with Gasteiger partial charge in [-0.15, -0.1) is 0 Å². The fraction of sp³-hybridized carbons (Fsp3) is 0.714. The lowest BCUT2D eigenvalue weighted by Crippen LogP contribution is -2.30. The maximum Gasteiger partial charge on any atom is 0.198 e. The van der Waals surface area contributed by atoms with Gasteiger partial charge in [-0.1, -0.05) is 20.8 Å². The Hall–Kier alpha value is -0.680. The number of nitrogens with zero attached hydrogens (tertiary/aromatic N) is 3. The summed E-state index contributed by atoms with van der Waals surface area (Å²) in [5, 5.41) is 3.41. The second-order valence-corrected chi connectivity index (χ2v) is 7.11. The van der Waals surface area contributed by atoms with Crippen molar-refractivity contribution in [1.82, 2.24) is 15.3 Å². The molecule has 2 heterocycles. The van der Waals surface area contributed by atoms with Crippen molar-refractivity contribution >= 4 is 21.7 Å². The second kappa shape index (κ2) is 5.75. The van der Waals surface area contributed by atoms with Crippen LogP contribution in [0.4, 0.5) is 5.82 Å². The van der Waals surface area contributed by atoms with Crippen molar-refractivity contribution in [3.8, 4) is 0 Å². The van der Waals surface area contributed by atoms with Crippen molar-refractivity contribution in [3.05, 3.63) is 16.0 Å². The molecule has 0 fully saturated rings. The molecule has 0 spiro atoms. The van der Waals surface area contributed by atoms with Crippen molar-refractivity contribution < 1.29 is 0 Å². The van der Waals surface area contributed by atoms with Crippen LogP contribution in [0.5, 0.6) is 0 Å². The van der Waals surface area contributed by atoms with E-state index in [1.54, 1.807) is 0 Å². The molecule has 1 aliphatic heterocycles. The molecule has 0 unspecified atom stereocenters. The van der Waals surface area contributed by atoms with Crippen molar-refractivity contribution in [2.24, 2.45) is 5.41 Å². The number of fused-ring (bicyclic) bond motifs is 1. The normalized spacial score (nSPS) is 15.2. The zero-order valence-corrected chi connectivity index (χ0v) is 13.8. The summed E-state index contributed by atoms with van der Waals surface area (Å²) >= 11 is 3.43. The minimum absolute atomic E-state index is 0.344. The fourth-order valence-electron chi connectivity index (χ4n) is 2.22. The fourth-order valence-corrected chi connectivity index (χ4v) is 2.60. The summed E-state index contributed by atoms with van der Waals surface area (Å²) in [6, 6.07) is 0. The van der Waals surface area contributed by atoms with E-state index in [4.69, 9.17) is 0 Å². The van der Waals surface area contributed by atoms with E-state index in [1.807, 2.05) is 0 Å². The van der Waals surface area contributed by atoms with E-state index in [0.717, 1.165) is 38.3 Å². The Kier molecular flexibility index (Phi) is 4.46. The smallest absolute Gasteiger partial charge is 0.198 e. The Morgan fingerprint density at radius 1 is 1.32 bits per heavy atom. The van der Waals surface area contributed by atoms with Gasteiger partial charge in [0.05, 0.1) is 5.69 Å². The predicted octanol–water partition coefficient (Wildman–Crippen LogP) is 2.76. The summed E-state index contributed by atoms with van der Waals surface area (Å²) in [5.74, 6) is 1.06. The molecule has 1 aromatic rings. The average Bonchev–Trinajstić information content (AvgIpc) is 2.34. The number of aromatic nitrogens is 2. The van der Waals surface area contributed by atoms with Crippen LogP contribution < -0.4 is 10.2 Å². The Morgan fingerprint density at radius 3 is 2.74 bits per heavy atom. The molecule has 19 heavy (non-hydrogen) atoms. The third kappa shape index (κ3) is 3.89. The van der Waals surface area contributed by atoms with Crippen LogP contribution in [0.15, 0.2) is 4.73 Å². The van der Waals surface area contributed by atoms with Crippen LogP contribution in [0.2, 0.25) is 0 Å². The molecule has 4 nitrogen and oxygen atoms in total. The van der Waals surface area contributed by atoms with Crippen LogP contribution in [-0.4, -0.2) is 30.1 Å². The molecule has 0 radical (unpaired) electrons. The minimum Gasteiger partial charge on any atom is -0.359 e. The lowest BCUT2D eigenvalue weighted by Gasteiger charge is -2.28. The number of hydrogen-bond acceptors (Lipinski definition) is 4. The molecule has 0 bridgehead atoms. The number of nitrogens with one attached hydrogen (secondary N) is 1. The molecule has 5 heteroatoms. The van der Waals surface area contributed by atoms with Gasteiger partial charge in [0.25, 0.3) is 0 Å². The molecule has 0 saturated carbocycles. The molecule has 1 aliphatic rings. The number of halogens is 1. The highest BCUT2D eigenvalue weighted by Gasteiger charge is 2.20. The van der Waals surface area contributed by atoms with Crippen molar-refractivity contribution in [2.75, 3.05) is 25.0 Å². The Labute approximate surface area is 124 Å². The predicted molar refractivity (Wildman–Crippen MR) is 82.5 cm³/mol. The van der Waals surface area contributed by atoms with Crippen molar-refractivity contribution in [3.63, 3.8) is 0 Å². The van der Waals surface area contributed by atoms with E-state index in [1.165, 1.54) is 11.3 Å². The largest absolute Gasteiger partial charge is 0.359 e. The molecule has 0 aromatic carbocycles. The van der Waals surface area contributed by atoms with Gasteiger partial charge < -0.3 is 10.2 Å². The lowest BCUT2D eigenvalue weighted by molar-refractivity contribution is 0.381. The van der Waals surface area contributed by atoms with E-state index >= 15 is 0 Å². The maximum atomic E-state index is 4.58. The maximum absolute atomic E-state index is 4.58. The SMILES string of the molecule is CN(CCC(C)(C)C)c1nc(Br)nc2c1CNCC2. The Balaban J connectivity index is 2.21. The van der Waals surface area contributed by atoms with E-state index in [9.17, 15) is 0 Å². The topological polar surface area (TPSA) is 41.1 Å². The molecule has 0 amide bonds. The second-order valence-electron chi connectivity index (χ2n) is 6.40. The standard InChI is InChI=1S/C14H23BrN4/c1-14(2,3)6-8-19(4)12-10-9-16-7-5-11(10)17-13(15)18-12/h16H,5-9H2,1-4H3. The highest BCUT2D eigenvalue weighted by Crippen LogP contribution is 2.26. The first-order valence-electron chi connectivity index (χ1n) is 6.84. The lowest BCUT2D eigenvalue weighted by atomic mass is 9.92. The van der Waals surface area contributed by atoms with Gasteiger partial charge in [-0.2, -0.15) is 0 Å². The molecule has 0 saturated heterocycles. The average molecular weight is 327 g/mol. The molecule has 0 aliphatic carbocycles. The Morgan fingerprint density at radius 2 is 2.05 bits per heavy atom. The van der Waals surface area contributed by atoms with Crippen LogP contribution in [0.3, 0.4) is 0 Å². The van der Waals surface area contributed by atoms with Gasteiger partial charge in [0.2, 0.25) is 0 Å². The summed E-state index contributed by atoms with van der Waals surface area (Å²) in [6.07, 6.45) is 2.13. The van der Waals surface area contributed by atoms with Gasteiger partial charge in [-0.3, -0.25) is 0 Å². The van der Waals surface area contributed by atoms with E-state index in [-0.39, 0.29) is 0 Å². The highest BCUT2D eigenvalue weighted by molar-refractivity contribution is 9.10. The van der Waals surface area contributed by atoms with Crippen molar-refractivity contribution in [1.29, 1.82) is 0 Å². The molecule has 106 valence electrons. The number of rotatable bonds is 3. The molecule has 1 N–H and O–H groups in total. The third-order valence-electron chi connectivity index (χ3n) is 3.44. The van der Waals surface area contributed by atoms with Crippen LogP contribution in [0.25, 0.3) is 0 Å². The number of anilines is 1. The van der Waals surface area contributed by atoms with Gasteiger partial charge in [0.1, 0.15) is 5.82 Å². The van der Waals surface area contributed by atoms with Gasteiger partial charge >= 0.3 is 0 Å². The monoisotopic (exact) mass is 326 g/mol. The highest BCUT2D eigenvalue weighted by atomic mass is 79.9. The summed E-state index contributed by atoms with van der Waals surface area (Å²) in [5.41, 5.74) is 2.78. The van der Waals surface area contributed by atoms with E-state index < -0.39 is 0 Å². The van der Waals surface area contributed by atoms with Crippen LogP contribution in [0, 0.1) is 5.41 Å².